The van der Waals surface area contributed by atoms with Gasteiger partial charge in [-0.1, -0.05) is 378 Å². The molecule has 0 saturated carbocycles. The predicted molar refractivity (Wildman–Crippen MR) is 483 cm³/mol. The van der Waals surface area contributed by atoms with Crippen LogP contribution >= 0.6 is 0 Å². The van der Waals surface area contributed by atoms with Crippen LogP contribution in [0.5, 0.6) is 0 Å². The van der Waals surface area contributed by atoms with Crippen molar-refractivity contribution in [1.82, 2.24) is 0 Å². The Hall–Kier alpha value is -10.0. The van der Waals surface area contributed by atoms with Crippen LogP contribution in [0.2, 0.25) is 0 Å². The second-order valence-electron chi connectivity index (χ2n) is 34.8. The first-order valence-corrected chi connectivity index (χ1v) is 43.6. The van der Waals surface area contributed by atoms with Crippen LogP contribution in [0.1, 0.15) is 254 Å². The van der Waals surface area contributed by atoms with Gasteiger partial charge in [0.1, 0.15) is 0 Å². The van der Waals surface area contributed by atoms with Gasteiger partial charge < -0.3 is 9.80 Å². The Labute approximate surface area is 670 Å². The van der Waals surface area contributed by atoms with Crippen LogP contribution in [0.15, 0.2) is 267 Å². The average molecular weight is 1470 g/mol. The van der Waals surface area contributed by atoms with Crippen molar-refractivity contribution >= 4 is 55.7 Å². The van der Waals surface area contributed by atoms with Gasteiger partial charge in [0.15, 0.2) is 0 Å². The van der Waals surface area contributed by atoms with Crippen molar-refractivity contribution in [2.24, 2.45) is 0 Å². The third-order valence-corrected chi connectivity index (χ3v) is 27.2. The topological polar surface area (TPSA) is 6.48 Å². The second-order valence-corrected chi connectivity index (χ2v) is 34.8. The Kier molecular flexibility index (Phi) is 21.3. The normalized spacial score (nSPS) is 14.5. The van der Waals surface area contributed by atoms with Gasteiger partial charge in [0.05, 0.1) is 11.4 Å². The number of nitrogens with zero attached hydrogens (tertiary/aromatic N) is 2. The third kappa shape index (κ3) is 13.2. The van der Waals surface area contributed by atoms with Crippen LogP contribution in [0.4, 0.5) is 34.1 Å². The van der Waals surface area contributed by atoms with Gasteiger partial charge in [-0.05, 0) is 210 Å². The molecule has 17 rings (SSSR count). The highest BCUT2D eigenvalue weighted by Gasteiger charge is 2.45. The molecule has 0 amide bonds. The summed E-state index contributed by atoms with van der Waals surface area (Å²) in [6.45, 7) is 19.2. The summed E-state index contributed by atoms with van der Waals surface area (Å²) in [7, 11) is 0. The summed E-state index contributed by atoms with van der Waals surface area (Å²) in [4.78, 5) is 5.14. The largest absolute Gasteiger partial charge is 0.309 e. The van der Waals surface area contributed by atoms with Gasteiger partial charge in [-0.3, -0.25) is 0 Å². The molecule has 13 aromatic carbocycles. The molecule has 0 aromatic heterocycles. The van der Waals surface area contributed by atoms with Crippen molar-refractivity contribution in [2.45, 2.75) is 231 Å². The zero-order valence-corrected chi connectivity index (χ0v) is 68.3. The van der Waals surface area contributed by atoms with Crippen LogP contribution in [0, 0.1) is 0 Å². The average Bonchev–Trinajstić information content (AvgIpc) is 1.69. The minimum absolute atomic E-state index is 0.0278. The first kappa shape index (κ1) is 74.7. The lowest BCUT2D eigenvalue weighted by Gasteiger charge is -2.34. The Morgan fingerprint density at radius 1 is 0.205 bits per heavy atom. The van der Waals surface area contributed by atoms with E-state index in [0.29, 0.717) is 0 Å². The van der Waals surface area contributed by atoms with Gasteiger partial charge in [0.25, 0.3) is 0 Å². The van der Waals surface area contributed by atoms with Gasteiger partial charge >= 0.3 is 0 Å². The molecule has 0 atom stereocenters. The van der Waals surface area contributed by atoms with Crippen LogP contribution < -0.4 is 9.80 Å². The standard InChI is InChI=1S/C110H116N2/c1-9-13-17-21-39-67-109(68-40-22-18-14-10-2)97-53-37-35-47-85(97)91-63-57-79(73-103(91)109)77-55-61-87-89-65-59-83(75-101(89)107(5,6)99(87)71-77)111(81-43-27-25-28-44-81)105-93-49-31-33-51-95(93)106(96-52-34-32-50-94(96)105)112(82-45-29-26-30-46-82)84-60-66-90-88-62-56-78(72-100(88)108(7,8)102(90)76-84)80-58-64-92-86-48-36-38-54-98(86)110(104(92)74-80,69-41-23-19-15-11-3)70-42-24-20-16-12-4/h25-38,43-66,71-76H,9-24,39-42,67-70H2,1-8H3. The molecule has 2 heteroatoms. The minimum atomic E-state index is -0.283. The Morgan fingerprint density at radius 3 is 0.777 bits per heavy atom. The van der Waals surface area contributed by atoms with E-state index in [1.807, 2.05) is 0 Å². The smallest absolute Gasteiger partial charge is 0.0619 e. The Balaban J connectivity index is 0.728. The summed E-state index contributed by atoms with van der Waals surface area (Å²) < 4.78 is 0. The van der Waals surface area contributed by atoms with Crippen molar-refractivity contribution in [3.8, 4) is 66.8 Å². The third-order valence-electron chi connectivity index (χ3n) is 27.2. The van der Waals surface area contributed by atoms with Crippen molar-refractivity contribution in [1.29, 1.82) is 0 Å². The maximum atomic E-state index is 2.64. The molecule has 4 aliphatic carbocycles. The molecule has 2 nitrogen and oxygen atoms in total. The number of unbranched alkanes of at least 4 members (excludes halogenated alkanes) is 16. The lowest BCUT2D eigenvalue weighted by molar-refractivity contribution is 0.399. The number of para-hydroxylation sites is 2. The fourth-order valence-electron chi connectivity index (χ4n) is 21.3. The zero-order valence-electron chi connectivity index (χ0n) is 68.3. The van der Waals surface area contributed by atoms with E-state index in [0.717, 1.165) is 22.7 Å². The minimum Gasteiger partial charge on any atom is -0.309 e. The van der Waals surface area contributed by atoms with Gasteiger partial charge in [-0.25, -0.2) is 0 Å². The Bertz CT molecular complexity index is 5140. The van der Waals surface area contributed by atoms with Gasteiger partial charge in [0.2, 0.25) is 0 Å². The van der Waals surface area contributed by atoms with E-state index in [2.05, 4.69) is 332 Å². The molecule has 4 aliphatic rings. The molecule has 0 N–H and O–H groups in total. The molecule has 0 unspecified atom stereocenters. The van der Waals surface area contributed by atoms with E-state index in [1.165, 1.54) is 276 Å². The van der Waals surface area contributed by atoms with Gasteiger partial charge in [-0.15, -0.1) is 0 Å². The number of hydrogen-bond donors (Lipinski definition) is 0. The van der Waals surface area contributed by atoms with Crippen LogP contribution in [-0.2, 0) is 21.7 Å². The summed E-state index contributed by atoms with van der Waals surface area (Å²) >= 11 is 0. The zero-order chi connectivity index (χ0) is 76.6. The van der Waals surface area contributed by atoms with E-state index in [4.69, 9.17) is 0 Å². The molecule has 0 spiro atoms. The molecule has 0 saturated heterocycles. The van der Waals surface area contributed by atoms with E-state index >= 15 is 0 Å². The quantitative estimate of drug-likeness (QED) is 0.0236. The predicted octanol–water partition coefficient (Wildman–Crippen LogP) is 32.9. The molecular formula is C110H116N2. The lowest BCUT2D eigenvalue weighted by Crippen LogP contribution is -2.25. The summed E-state index contributed by atoms with van der Waals surface area (Å²) in [5.74, 6) is 0. The van der Waals surface area contributed by atoms with Crippen molar-refractivity contribution in [3.63, 3.8) is 0 Å². The van der Waals surface area contributed by atoms with Crippen LogP contribution in [0.25, 0.3) is 88.3 Å². The van der Waals surface area contributed by atoms with Crippen LogP contribution in [0.3, 0.4) is 0 Å². The number of fused-ring (bicyclic) bond motifs is 14. The van der Waals surface area contributed by atoms with E-state index < -0.39 is 0 Å². The summed E-state index contributed by atoms with van der Waals surface area (Å²) in [5, 5.41) is 4.76. The molecule has 566 valence electrons. The molecule has 0 heterocycles. The van der Waals surface area contributed by atoms with E-state index in [9.17, 15) is 0 Å². The fourth-order valence-corrected chi connectivity index (χ4v) is 21.3. The highest BCUT2D eigenvalue weighted by molar-refractivity contribution is 6.23. The number of hydrogen-bond acceptors (Lipinski definition) is 2. The highest BCUT2D eigenvalue weighted by atomic mass is 15.2. The summed E-state index contributed by atoms with van der Waals surface area (Å²) in [5.41, 5.74) is 34.5. The number of rotatable bonds is 32. The van der Waals surface area contributed by atoms with Crippen LogP contribution in [-0.4, -0.2) is 0 Å². The molecule has 13 aromatic rings. The first-order valence-electron chi connectivity index (χ1n) is 43.6. The molecule has 112 heavy (non-hydrogen) atoms. The van der Waals surface area contributed by atoms with E-state index in [1.54, 1.807) is 22.3 Å². The fraction of sp³-hybridized carbons (Fsp3) is 0.327. The monoisotopic (exact) mass is 1460 g/mol. The molecule has 0 aliphatic heterocycles. The van der Waals surface area contributed by atoms with Crippen molar-refractivity contribution in [3.05, 3.63) is 311 Å². The van der Waals surface area contributed by atoms with Gasteiger partial charge in [0, 0.05) is 66.0 Å². The second kappa shape index (κ2) is 31.9. The first-order chi connectivity index (χ1) is 54.9. The molecule has 0 fully saturated rings. The maximum Gasteiger partial charge on any atom is 0.0619 e. The number of benzene rings is 13. The molecule has 0 bridgehead atoms. The van der Waals surface area contributed by atoms with Crippen molar-refractivity contribution in [2.75, 3.05) is 9.80 Å². The number of anilines is 6. The van der Waals surface area contributed by atoms with E-state index in [-0.39, 0.29) is 21.7 Å². The van der Waals surface area contributed by atoms with Crippen molar-refractivity contribution < 1.29 is 0 Å². The SMILES string of the molecule is CCCCCCCC1(CCCCCCC)c2ccccc2-c2ccc(-c3ccc4c(c3)C(C)(C)c3cc(N(c5ccccc5)c5c6ccccc6c(N(c6ccccc6)c6ccc7c(c6)C(C)(C)c6cc(-c8ccc9c(c8)C(CCCCCCC)(CCCCCCC)c8ccccc8-9)ccc6-7)c6ccccc56)ccc3-4)cc21. The maximum absolute atomic E-state index is 2.64. The van der Waals surface area contributed by atoms with Gasteiger partial charge in [-0.2, -0.15) is 0 Å². The molecular weight excluding hydrogens is 1350 g/mol. The highest BCUT2D eigenvalue weighted by Crippen LogP contribution is 2.61. The summed E-state index contributed by atoms with van der Waals surface area (Å²) in [6, 6.07) is 104. The molecule has 0 radical (unpaired) electrons. The Morgan fingerprint density at radius 2 is 0.455 bits per heavy atom. The lowest BCUT2D eigenvalue weighted by atomic mass is 9.70. The summed E-state index contributed by atoms with van der Waals surface area (Å²) in [6.07, 6.45) is 30.9.